The predicted octanol–water partition coefficient (Wildman–Crippen LogP) is 13.2. The molecule has 2 heteroatoms. The summed E-state index contributed by atoms with van der Waals surface area (Å²) in [5.74, 6) is 4.40. The van der Waals surface area contributed by atoms with Gasteiger partial charge in [-0.1, -0.05) is 110 Å². The lowest BCUT2D eigenvalue weighted by molar-refractivity contribution is -0.121. The summed E-state index contributed by atoms with van der Waals surface area (Å²) in [6.07, 6.45) is 23.8. The number of hydrogen-bond donors (Lipinski definition) is 0. The van der Waals surface area contributed by atoms with Crippen molar-refractivity contribution in [3.05, 3.63) is 69.3 Å². The third kappa shape index (κ3) is 9.98. The lowest BCUT2D eigenvalue weighted by atomic mass is 9.72. The molecule has 0 unspecified atom stereocenters. The molecule has 5 aliphatic rings. The van der Waals surface area contributed by atoms with E-state index >= 15 is 0 Å². The fourth-order valence-electron chi connectivity index (χ4n) is 9.70. The quantitative estimate of drug-likeness (QED) is 0.213. The Hall–Kier alpha value is -2.22. The van der Waals surface area contributed by atoms with Gasteiger partial charge in [0.2, 0.25) is 0 Å². The van der Waals surface area contributed by atoms with Gasteiger partial charge in [-0.3, -0.25) is 9.59 Å². The predicted molar refractivity (Wildman–Crippen MR) is 206 cm³/mol. The van der Waals surface area contributed by atoms with E-state index in [1.807, 2.05) is 0 Å². The van der Waals surface area contributed by atoms with Gasteiger partial charge in [0, 0.05) is 25.7 Å². The van der Waals surface area contributed by atoms with Crippen molar-refractivity contribution >= 4 is 11.6 Å². The van der Waals surface area contributed by atoms with Gasteiger partial charge in [-0.2, -0.15) is 0 Å². The highest BCUT2D eigenvalue weighted by molar-refractivity contribution is 5.82. The monoisotopic (exact) mass is 665 g/mol. The second-order valence-corrected chi connectivity index (χ2v) is 18.8. The van der Waals surface area contributed by atoms with Crippen LogP contribution in [-0.2, 0) is 22.4 Å². The van der Waals surface area contributed by atoms with Crippen LogP contribution in [0.2, 0.25) is 0 Å². The van der Waals surface area contributed by atoms with E-state index in [1.54, 1.807) is 16.7 Å². The topological polar surface area (TPSA) is 34.1 Å². The van der Waals surface area contributed by atoms with Crippen molar-refractivity contribution in [2.24, 2.45) is 10.8 Å². The average molecular weight is 665 g/mol. The van der Waals surface area contributed by atoms with Crippen LogP contribution in [0.5, 0.6) is 0 Å². The van der Waals surface area contributed by atoms with Gasteiger partial charge in [-0.25, -0.2) is 0 Å². The Labute approximate surface area is 300 Å². The maximum Gasteiger partial charge on any atom is 0.137 e. The Balaban J connectivity index is 0.000000171. The highest BCUT2D eigenvalue weighted by Gasteiger charge is 2.35. The van der Waals surface area contributed by atoms with Crippen LogP contribution in [0.1, 0.15) is 226 Å². The van der Waals surface area contributed by atoms with Crippen molar-refractivity contribution in [1.82, 2.24) is 0 Å². The molecule has 2 aromatic carbocycles. The summed E-state index contributed by atoms with van der Waals surface area (Å²) in [6.45, 7) is 13.9. The Morgan fingerprint density at radius 3 is 1.39 bits per heavy atom. The van der Waals surface area contributed by atoms with Crippen LogP contribution >= 0.6 is 0 Å². The summed E-state index contributed by atoms with van der Waals surface area (Å²) in [4.78, 5) is 25.5. The summed E-state index contributed by atoms with van der Waals surface area (Å²) in [6, 6.07) is 11.7. The second kappa shape index (κ2) is 15.6. The van der Waals surface area contributed by atoms with E-state index in [1.165, 1.54) is 125 Å². The molecule has 0 spiro atoms. The van der Waals surface area contributed by atoms with Crippen molar-refractivity contribution in [2.75, 3.05) is 0 Å². The Kier molecular flexibility index (Phi) is 11.6. The first-order valence-corrected chi connectivity index (χ1v) is 20.7. The highest BCUT2D eigenvalue weighted by atomic mass is 16.1. The minimum atomic E-state index is 0.270. The molecule has 0 aromatic heterocycles. The normalized spacial score (nSPS) is 21.7. The Bertz CT molecular complexity index is 1420. The number of hydrogen-bond acceptors (Lipinski definition) is 2. The molecule has 0 radical (unpaired) electrons. The van der Waals surface area contributed by atoms with Crippen molar-refractivity contribution in [2.45, 2.75) is 200 Å². The van der Waals surface area contributed by atoms with Crippen LogP contribution in [0.4, 0.5) is 0 Å². The van der Waals surface area contributed by atoms with Crippen LogP contribution in [0.15, 0.2) is 30.3 Å². The van der Waals surface area contributed by atoms with Gasteiger partial charge in [0.15, 0.2) is 0 Å². The molecule has 2 nitrogen and oxygen atoms in total. The van der Waals surface area contributed by atoms with E-state index in [0.717, 1.165) is 30.6 Å². The van der Waals surface area contributed by atoms with E-state index in [2.05, 4.69) is 71.9 Å². The van der Waals surface area contributed by atoms with Gasteiger partial charge in [0.1, 0.15) is 11.6 Å². The molecule has 0 bridgehead atoms. The summed E-state index contributed by atoms with van der Waals surface area (Å²) in [5.41, 5.74) is 10.9. The summed E-state index contributed by atoms with van der Waals surface area (Å²) < 4.78 is 0. The Morgan fingerprint density at radius 1 is 0.571 bits per heavy atom. The van der Waals surface area contributed by atoms with Gasteiger partial charge in [0.25, 0.3) is 0 Å². The van der Waals surface area contributed by atoms with Crippen molar-refractivity contribution < 1.29 is 9.59 Å². The molecule has 0 saturated heterocycles. The van der Waals surface area contributed by atoms with Crippen LogP contribution in [-0.4, -0.2) is 11.6 Å². The van der Waals surface area contributed by atoms with Crippen LogP contribution in [0.25, 0.3) is 0 Å². The third-order valence-corrected chi connectivity index (χ3v) is 12.9. The summed E-state index contributed by atoms with van der Waals surface area (Å²) in [7, 11) is 0. The fraction of sp³-hybridized carbons (Fsp3) is 0.702. The lowest BCUT2D eigenvalue weighted by Gasteiger charge is -2.33. The van der Waals surface area contributed by atoms with Crippen LogP contribution in [0, 0.1) is 10.8 Å². The highest BCUT2D eigenvalue weighted by Crippen LogP contribution is 2.50. The molecule has 0 N–H and O–H groups in total. The van der Waals surface area contributed by atoms with Crippen LogP contribution in [0.3, 0.4) is 0 Å². The van der Waals surface area contributed by atoms with Gasteiger partial charge >= 0.3 is 0 Å². The van der Waals surface area contributed by atoms with Gasteiger partial charge in [-0.05, 0) is 144 Å². The molecule has 49 heavy (non-hydrogen) atoms. The molecule has 0 heterocycles. The first-order valence-electron chi connectivity index (χ1n) is 20.7. The average Bonchev–Trinajstić information content (AvgIpc) is 3.90. The largest absolute Gasteiger partial charge is 0.299 e. The van der Waals surface area contributed by atoms with Gasteiger partial charge in [-0.15, -0.1) is 0 Å². The lowest BCUT2D eigenvalue weighted by Crippen LogP contribution is -2.24. The molecule has 5 saturated carbocycles. The van der Waals surface area contributed by atoms with E-state index < -0.39 is 0 Å². The zero-order valence-electron chi connectivity index (χ0n) is 32.2. The van der Waals surface area contributed by atoms with E-state index in [9.17, 15) is 9.59 Å². The number of rotatable bonds is 13. The molecule has 0 amide bonds. The third-order valence-electron chi connectivity index (χ3n) is 12.9. The molecule has 0 aliphatic heterocycles. The van der Waals surface area contributed by atoms with Crippen molar-refractivity contribution in [3.63, 3.8) is 0 Å². The number of carbonyl (C=O) groups is 2. The minimum absolute atomic E-state index is 0.270. The maximum absolute atomic E-state index is 12.9. The summed E-state index contributed by atoms with van der Waals surface area (Å²) in [5, 5.41) is 0. The molecular formula is C47H68O2. The zero-order chi connectivity index (χ0) is 34.8. The molecule has 5 aliphatic carbocycles. The van der Waals surface area contributed by atoms with E-state index in [-0.39, 0.29) is 10.8 Å². The van der Waals surface area contributed by atoms with E-state index in [0.29, 0.717) is 36.2 Å². The molecule has 7 rings (SSSR count). The number of Topliss-reactive ketones (excluding diaryl/α,β-unsaturated/α-hetero) is 2. The number of benzene rings is 2. The zero-order valence-corrected chi connectivity index (χ0v) is 32.2. The van der Waals surface area contributed by atoms with E-state index in [4.69, 9.17) is 0 Å². The first-order chi connectivity index (χ1) is 23.4. The molecular weight excluding hydrogens is 597 g/mol. The van der Waals surface area contributed by atoms with Gasteiger partial charge in [0.05, 0.1) is 0 Å². The second-order valence-electron chi connectivity index (χ2n) is 18.8. The molecule has 268 valence electrons. The van der Waals surface area contributed by atoms with Crippen molar-refractivity contribution in [3.8, 4) is 0 Å². The maximum atomic E-state index is 12.9. The first kappa shape index (κ1) is 36.6. The molecule has 0 atom stereocenters. The molecule has 2 aromatic rings. The Morgan fingerprint density at radius 2 is 0.980 bits per heavy atom. The molecule has 5 fully saturated rings. The minimum Gasteiger partial charge on any atom is -0.299 e. The van der Waals surface area contributed by atoms with Gasteiger partial charge < -0.3 is 0 Å². The van der Waals surface area contributed by atoms with Crippen LogP contribution < -0.4 is 0 Å². The number of ketones is 2. The SMILES string of the molecule is CC(C)c1c(C2CC2)cc(CC(=O)CC2(C)CCCCC2)cc1C1CC1.CC(C)c1ccc(CC(=O)CC2(C)CCCCC2)cc1C1CC1. The van der Waals surface area contributed by atoms with Crippen molar-refractivity contribution in [1.29, 1.82) is 0 Å². The smallest absolute Gasteiger partial charge is 0.137 e. The summed E-state index contributed by atoms with van der Waals surface area (Å²) >= 11 is 0. The standard InChI is InChI=1S/C25H36O.C22H32O/c1-17(2)24-22(19-7-8-19)14-18(15-23(24)20-9-10-20)13-21(26)16-25(3)11-5-4-6-12-25;1-16(2)20-10-7-17(14-21(20)18-8-9-18)13-19(23)15-22(3)11-5-4-6-12-22/h14-15,17,19-20H,4-13,16H2,1-3H3;7,10,14,16,18H,4-6,8-9,11-13,15H2,1-3H3. The number of carbonyl (C=O) groups excluding carboxylic acids is 2. The fourth-order valence-corrected chi connectivity index (χ4v) is 9.70.